The van der Waals surface area contributed by atoms with E-state index in [-0.39, 0.29) is 0 Å². The molecular weight excluding hydrogens is 212 g/mol. The van der Waals surface area contributed by atoms with Gasteiger partial charge in [0.15, 0.2) is 0 Å². The molecule has 1 nitrogen and oxygen atoms in total. The van der Waals surface area contributed by atoms with Gasteiger partial charge in [-0.25, -0.2) is 0 Å². The third-order valence-corrected chi connectivity index (χ3v) is 5.32. The van der Waals surface area contributed by atoms with Crippen molar-refractivity contribution in [2.24, 2.45) is 0 Å². The molecule has 1 rings (SSSR count). The molecule has 0 saturated carbocycles. The van der Waals surface area contributed by atoms with Crippen molar-refractivity contribution in [1.82, 2.24) is 0 Å². The maximum absolute atomic E-state index is 6.20. The van der Waals surface area contributed by atoms with E-state index in [4.69, 9.17) is 4.43 Å². The second kappa shape index (κ2) is 5.53. The molecule has 0 saturated heterocycles. The van der Waals surface area contributed by atoms with Gasteiger partial charge in [-0.2, -0.15) is 0 Å². The molecule has 0 unspecified atom stereocenters. The summed E-state index contributed by atoms with van der Waals surface area (Å²) in [6, 6.07) is 6.47. The summed E-state index contributed by atoms with van der Waals surface area (Å²) < 4.78 is 6.20. The van der Waals surface area contributed by atoms with E-state index in [0.29, 0.717) is 11.1 Å². The summed E-state index contributed by atoms with van der Waals surface area (Å²) in [4.78, 5) is 0. The lowest BCUT2D eigenvalue weighted by molar-refractivity contribution is 0.535. The van der Waals surface area contributed by atoms with Crippen LogP contribution >= 0.6 is 0 Å². The first-order valence-electron chi connectivity index (χ1n) is 6.03. The maximum atomic E-state index is 6.20. The van der Waals surface area contributed by atoms with Gasteiger partial charge in [0.25, 0.3) is 9.04 Å². The number of hydrogen-bond donors (Lipinski definition) is 0. The van der Waals surface area contributed by atoms with Gasteiger partial charge in [-0.3, -0.25) is 0 Å². The second-order valence-corrected chi connectivity index (χ2v) is 8.46. The van der Waals surface area contributed by atoms with Crippen LogP contribution < -0.4 is 4.43 Å². The summed E-state index contributed by atoms with van der Waals surface area (Å²) in [5, 5.41) is 0. The molecule has 89 valence electrons. The van der Waals surface area contributed by atoms with Crippen LogP contribution in [0.4, 0.5) is 0 Å². The molecule has 1 aromatic carbocycles. The van der Waals surface area contributed by atoms with Gasteiger partial charge < -0.3 is 4.43 Å². The highest BCUT2D eigenvalue weighted by Gasteiger charge is 2.24. The van der Waals surface area contributed by atoms with Crippen molar-refractivity contribution in [3.05, 3.63) is 29.3 Å². The molecule has 0 amide bonds. The van der Waals surface area contributed by atoms with Gasteiger partial charge >= 0.3 is 0 Å². The molecule has 0 heterocycles. The molecule has 2 heteroatoms. The van der Waals surface area contributed by atoms with E-state index in [1.54, 1.807) is 0 Å². The van der Waals surface area contributed by atoms with Crippen molar-refractivity contribution in [1.29, 1.82) is 0 Å². The van der Waals surface area contributed by atoms with Gasteiger partial charge in [0.1, 0.15) is 5.75 Å². The highest BCUT2D eigenvalue weighted by molar-refractivity contribution is 6.55. The van der Waals surface area contributed by atoms with Crippen LogP contribution in [0.1, 0.15) is 38.8 Å². The predicted octanol–water partition coefficient (Wildman–Crippen LogP) is 4.49. The fourth-order valence-electron chi connectivity index (χ4n) is 2.03. The van der Waals surface area contributed by atoms with Crippen LogP contribution in [-0.2, 0) is 0 Å². The summed E-state index contributed by atoms with van der Waals surface area (Å²) in [5.74, 6) is 1.05. The Balaban J connectivity index is 2.85. The Labute approximate surface area is 102 Å². The molecular formula is C14H23OSi. The van der Waals surface area contributed by atoms with Crippen molar-refractivity contribution in [2.45, 2.75) is 52.6 Å². The van der Waals surface area contributed by atoms with Crippen molar-refractivity contribution in [3.63, 3.8) is 0 Å². The van der Waals surface area contributed by atoms with Gasteiger partial charge in [-0.05, 0) is 48.2 Å². The van der Waals surface area contributed by atoms with Crippen molar-refractivity contribution >= 4 is 9.04 Å². The topological polar surface area (TPSA) is 9.23 Å². The maximum Gasteiger partial charge on any atom is 0.286 e. The summed E-state index contributed by atoms with van der Waals surface area (Å²) >= 11 is 0. The van der Waals surface area contributed by atoms with E-state index in [2.05, 4.69) is 59.7 Å². The zero-order valence-corrected chi connectivity index (χ0v) is 12.3. The Bertz CT molecular complexity index is 316. The van der Waals surface area contributed by atoms with E-state index in [1.807, 2.05) is 0 Å². The van der Waals surface area contributed by atoms with Crippen molar-refractivity contribution in [3.8, 4) is 5.75 Å². The Hall–Kier alpha value is -0.763. The lowest BCUT2D eigenvalue weighted by Crippen LogP contribution is -2.28. The minimum Gasteiger partial charge on any atom is -0.541 e. The average Bonchev–Trinajstić information content (AvgIpc) is 2.11. The summed E-state index contributed by atoms with van der Waals surface area (Å²) in [6.07, 6.45) is 0. The first-order valence-corrected chi connectivity index (χ1v) is 7.59. The molecule has 0 atom stereocenters. The lowest BCUT2D eigenvalue weighted by atomic mass is 10.1. The van der Waals surface area contributed by atoms with Crippen molar-refractivity contribution in [2.75, 3.05) is 0 Å². The molecule has 0 aliphatic rings. The normalized spacial score (nSPS) is 11.6. The Morgan fingerprint density at radius 1 is 0.875 bits per heavy atom. The SMILES string of the molecule is Cc1cc(C)cc(O[Si](C(C)C)C(C)C)c1. The average molecular weight is 235 g/mol. The summed E-state index contributed by atoms with van der Waals surface area (Å²) in [7, 11) is -0.764. The quantitative estimate of drug-likeness (QED) is 0.699. The standard InChI is InChI=1S/C14H23OSi/c1-10(2)16(11(3)4)15-14-8-12(5)7-13(6)9-14/h7-11H,1-6H3. The molecule has 0 aliphatic carbocycles. The fraction of sp³-hybridized carbons (Fsp3) is 0.571. The van der Waals surface area contributed by atoms with E-state index < -0.39 is 9.04 Å². The smallest absolute Gasteiger partial charge is 0.286 e. The third-order valence-electron chi connectivity index (χ3n) is 2.57. The van der Waals surface area contributed by atoms with Crippen LogP contribution in [0, 0.1) is 13.8 Å². The second-order valence-electron chi connectivity index (χ2n) is 5.14. The molecule has 0 aliphatic heterocycles. The molecule has 0 fully saturated rings. The number of rotatable bonds is 4. The molecule has 1 aromatic rings. The first-order chi connectivity index (χ1) is 7.40. The Morgan fingerprint density at radius 3 is 1.69 bits per heavy atom. The largest absolute Gasteiger partial charge is 0.541 e. The zero-order valence-electron chi connectivity index (χ0n) is 11.3. The number of hydrogen-bond acceptors (Lipinski definition) is 1. The predicted molar refractivity (Wildman–Crippen MR) is 72.5 cm³/mol. The molecule has 0 N–H and O–H groups in total. The highest BCUT2D eigenvalue weighted by atomic mass is 28.3. The minimum absolute atomic E-state index is 0.644. The number of benzene rings is 1. The molecule has 16 heavy (non-hydrogen) atoms. The van der Waals surface area contributed by atoms with Crippen LogP contribution in [0.3, 0.4) is 0 Å². The molecule has 0 bridgehead atoms. The van der Waals surface area contributed by atoms with E-state index >= 15 is 0 Å². The first kappa shape index (κ1) is 13.3. The van der Waals surface area contributed by atoms with Gasteiger partial charge in [-0.15, -0.1) is 0 Å². The van der Waals surface area contributed by atoms with E-state index in [1.165, 1.54) is 11.1 Å². The Kier molecular flexibility index (Phi) is 4.60. The van der Waals surface area contributed by atoms with Crippen LogP contribution in [0.5, 0.6) is 5.75 Å². The monoisotopic (exact) mass is 235 g/mol. The third kappa shape index (κ3) is 3.67. The van der Waals surface area contributed by atoms with E-state index in [0.717, 1.165) is 5.75 Å². The molecule has 1 radical (unpaired) electrons. The van der Waals surface area contributed by atoms with Crippen LogP contribution in [-0.4, -0.2) is 9.04 Å². The molecule has 0 spiro atoms. The van der Waals surface area contributed by atoms with Gasteiger partial charge in [0.2, 0.25) is 0 Å². The zero-order chi connectivity index (χ0) is 12.3. The number of aryl methyl sites for hydroxylation is 2. The highest BCUT2D eigenvalue weighted by Crippen LogP contribution is 2.25. The van der Waals surface area contributed by atoms with E-state index in [9.17, 15) is 0 Å². The summed E-state index contributed by atoms with van der Waals surface area (Å²) in [6.45, 7) is 13.3. The summed E-state index contributed by atoms with van der Waals surface area (Å²) in [5.41, 5.74) is 3.85. The van der Waals surface area contributed by atoms with Crippen LogP contribution in [0.25, 0.3) is 0 Å². The van der Waals surface area contributed by atoms with Gasteiger partial charge in [-0.1, -0.05) is 33.8 Å². The fourth-order valence-corrected chi connectivity index (χ4v) is 4.23. The van der Waals surface area contributed by atoms with Crippen molar-refractivity contribution < 1.29 is 4.43 Å². The minimum atomic E-state index is -0.764. The van der Waals surface area contributed by atoms with Gasteiger partial charge in [0, 0.05) is 0 Å². The van der Waals surface area contributed by atoms with Crippen LogP contribution in [0.15, 0.2) is 18.2 Å². The van der Waals surface area contributed by atoms with Crippen LogP contribution in [0.2, 0.25) is 11.1 Å². The molecule has 0 aromatic heterocycles. The Morgan fingerprint density at radius 2 is 1.31 bits per heavy atom. The lowest BCUT2D eigenvalue weighted by Gasteiger charge is -2.23. The van der Waals surface area contributed by atoms with Gasteiger partial charge in [0.05, 0.1) is 0 Å².